The maximum absolute atomic E-state index is 12.3. The van der Waals surface area contributed by atoms with Gasteiger partial charge in [0.05, 0.1) is 17.7 Å². The number of hydrogen-bond acceptors (Lipinski definition) is 3. The van der Waals surface area contributed by atoms with Gasteiger partial charge in [-0.05, 0) is 25.0 Å². The average molecular weight is 285 g/mol. The third-order valence-electron chi connectivity index (χ3n) is 3.39. The molecule has 1 aliphatic carbocycles. The number of carbonyl (C=O) groups is 1. The van der Waals surface area contributed by atoms with Crippen LogP contribution in [0.4, 0.5) is 8.78 Å². The van der Waals surface area contributed by atoms with E-state index in [4.69, 9.17) is 0 Å². The van der Waals surface area contributed by atoms with Crippen molar-refractivity contribution in [2.45, 2.75) is 44.4 Å². The van der Waals surface area contributed by atoms with Crippen molar-refractivity contribution in [3.8, 4) is 5.75 Å². The predicted molar refractivity (Wildman–Crippen MR) is 68.8 cm³/mol. The van der Waals surface area contributed by atoms with E-state index in [0.29, 0.717) is 12.8 Å². The van der Waals surface area contributed by atoms with Gasteiger partial charge in [0.1, 0.15) is 5.75 Å². The largest absolute Gasteiger partial charge is 0.434 e. The molecule has 0 aromatic heterocycles. The summed E-state index contributed by atoms with van der Waals surface area (Å²) < 4.78 is 28.9. The quantitative estimate of drug-likeness (QED) is 0.892. The molecule has 0 heterocycles. The van der Waals surface area contributed by atoms with Crippen LogP contribution in [0.3, 0.4) is 0 Å². The van der Waals surface area contributed by atoms with Gasteiger partial charge in [-0.15, -0.1) is 0 Å². The minimum atomic E-state index is -2.98. The van der Waals surface area contributed by atoms with E-state index >= 15 is 0 Å². The molecule has 1 amide bonds. The molecule has 1 saturated carbocycles. The summed E-state index contributed by atoms with van der Waals surface area (Å²) in [6.07, 6.45) is 2.59. The molecule has 1 fully saturated rings. The molecule has 2 atom stereocenters. The Morgan fingerprint density at radius 1 is 1.30 bits per heavy atom. The Labute approximate surface area is 115 Å². The van der Waals surface area contributed by atoms with Crippen molar-refractivity contribution in [1.82, 2.24) is 5.32 Å². The summed E-state index contributed by atoms with van der Waals surface area (Å²) in [4.78, 5) is 12.1. The number of aliphatic hydroxyl groups excluding tert-OH is 1. The number of aliphatic hydroxyl groups is 1. The predicted octanol–water partition coefficient (Wildman–Crippen LogP) is 2.32. The van der Waals surface area contributed by atoms with Crippen molar-refractivity contribution in [3.05, 3.63) is 29.8 Å². The van der Waals surface area contributed by atoms with Gasteiger partial charge in [0, 0.05) is 0 Å². The van der Waals surface area contributed by atoms with E-state index in [-0.39, 0.29) is 17.4 Å². The monoisotopic (exact) mass is 285 g/mol. The maximum Gasteiger partial charge on any atom is 0.387 e. The molecule has 110 valence electrons. The molecular weight excluding hydrogens is 268 g/mol. The molecule has 2 rings (SSSR count). The summed E-state index contributed by atoms with van der Waals surface area (Å²) in [7, 11) is 0. The number of benzene rings is 1. The summed E-state index contributed by atoms with van der Waals surface area (Å²) in [6, 6.07) is 5.49. The number of alkyl halides is 2. The summed E-state index contributed by atoms with van der Waals surface area (Å²) in [5.41, 5.74) is 0.0468. The van der Waals surface area contributed by atoms with Gasteiger partial charge in [0.15, 0.2) is 0 Å². The summed E-state index contributed by atoms with van der Waals surface area (Å²) in [5.74, 6) is -0.669. The molecule has 6 heteroatoms. The molecule has 0 spiro atoms. The standard InChI is InChI=1S/C14H17F2NO3/c15-14(16)20-12-8-4-1-5-9(12)13(19)17-10-6-2-3-7-11(10)18/h1,4-5,8,10-11,14,18H,2-3,6-7H2,(H,17,19). The van der Waals surface area contributed by atoms with Gasteiger partial charge in [-0.2, -0.15) is 8.78 Å². The zero-order valence-electron chi connectivity index (χ0n) is 10.9. The first kappa shape index (κ1) is 14.7. The van der Waals surface area contributed by atoms with Gasteiger partial charge in [-0.25, -0.2) is 0 Å². The number of ether oxygens (including phenoxy) is 1. The fourth-order valence-electron chi connectivity index (χ4n) is 2.38. The lowest BCUT2D eigenvalue weighted by Gasteiger charge is -2.28. The SMILES string of the molecule is O=C(NC1CCCCC1O)c1ccccc1OC(F)F. The third-order valence-corrected chi connectivity index (χ3v) is 3.39. The van der Waals surface area contributed by atoms with Gasteiger partial charge >= 0.3 is 6.61 Å². The smallest absolute Gasteiger partial charge is 0.387 e. The zero-order chi connectivity index (χ0) is 14.5. The van der Waals surface area contributed by atoms with E-state index < -0.39 is 18.6 Å². The highest BCUT2D eigenvalue weighted by atomic mass is 19.3. The normalized spacial score (nSPS) is 22.6. The van der Waals surface area contributed by atoms with Gasteiger partial charge in [0.25, 0.3) is 5.91 Å². The Hall–Kier alpha value is -1.69. The Morgan fingerprint density at radius 3 is 2.70 bits per heavy atom. The van der Waals surface area contributed by atoms with Crippen molar-refractivity contribution in [2.75, 3.05) is 0 Å². The van der Waals surface area contributed by atoms with Gasteiger partial charge in [0.2, 0.25) is 0 Å². The van der Waals surface area contributed by atoms with E-state index in [9.17, 15) is 18.7 Å². The molecule has 0 radical (unpaired) electrons. The number of carbonyl (C=O) groups excluding carboxylic acids is 1. The molecule has 2 unspecified atom stereocenters. The molecule has 2 N–H and O–H groups in total. The lowest BCUT2D eigenvalue weighted by atomic mass is 9.92. The van der Waals surface area contributed by atoms with E-state index in [0.717, 1.165) is 12.8 Å². The molecule has 1 aromatic rings. The zero-order valence-corrected chi connectivity index (χ0v) is 10.9. The van der Waals surface area contributed by atoms with Crippen LogP contribution in [-0.4, -0.2) is 29.8 Å². The number of amides is 1. The Morgan fingerprint density at radius 2 is 2.00 bits per heavy atom. The second-order valence-corrected chi connectivity index (χ2v) is 4.81. The first-order chi connectivity index (χ1) is 9.58. The van der Waals surface area contributed by atoms with Gasteiger partial charge < -0.3 is 15.2 Å². The van der Waals surface area contributed by atoms with Crippen LogP contribution >= 0.6 is 0 Å². The molecule has 20 heavy (non-hydrogen) atoms. The fraction of sp³-hybridized carbons (Fsp3) is 0.500. The van der Waals surface area contributed by atoms with Crippen molar-refractivity contribution in [1.29, 1.82) is 0 Å². The minimum Gasteiger partial charge on any atom is -0.434 e. The lowest BCUT2D eigenvalue weighted by molar-refractivity contribution is -0.0502. The summed E-state index contributed by atoms with van der Waals surface area (Å²) in [6.45, 7) is -2.98. The van der Waals surface area contributed by atoms with Crippen molar-refractivity contribution in [2.24, 2.45) is 0 Å². The van der Waals surface area contributed by atoms with E-state index in [2.05, 4.69) is 10.1 Å². The summed E-state index contributed by atoms with van der Waals surface area (Å²) >= 11 is 0. The molecule has 0 bridgehead atoms. The van der Waals surface area contributed by atoms with Crippen LogP contribution in [0, 0.1) is 0 Å². The van der Waals surface area contributed by atoms with Crippen molar-refractivity contribution in [3.63, 3.8) is 0 Å². The van der Waals surface area contributed by atoms with E-state index in [1.54, 1.807) is 6.07 Å². The van der Waals surface area contributed by atoms with Crippen LogP contribution in [0.2, 0.25) is 0 Å². The molecule has 4 nitrogen and oxygen atoms in total. The van der Waals surface area contributed by atoms with Crippen molar-refractivity contribution < 1.29 is 23.4 Å². The maximum atomic E-state index is 12.3. The van der Waals surface area contributed by atoms with Crippen molar-refractivity contribution >= 4 is 5.91 Å². The Bertz CT molecular complexity index is 467. The third kappa shape index (κ3) is 3.66. The number of nitrogens with one attached hydrogen (secondary N) is 1. The highest BCUT2D eigenvalue weighted by Gasteiger charge is 2.26. The Balaban J connectivity index is 2.08. The first-order valence-corrected chi connectivity index (χ1v) is 6.60. The number of halogens is 2. The Kier molecular flexibility index (Phi) is 4.89. The molecular formula is C14H17F2NO3. The molecule has 1 aliphatic rings. The van der Waals surface area contributed by atoms with Crippen LogP contribution in [0.1, 0.15) is 36.0 Å². The molecule has 1 aromatic carbocycles. The first-order valence-electron chi connectivity index (χ1n) is 6.60. The van der Waals surface area contributed by atoms with Crippen LogP contribution in [0.25, 0.3) is 0 Å². The van der Waals surface area contributed by atoms with Crippen LogP contribution in [0.5, 0.6) is 5.75 Å². The van der Waals surface area contributed by atoms with Gasteiger partial charge in [-0.3, -0.25) is 4.79 Å². The summed E-state index contributed by atoms with van der Waals surface area (Å²) in [5, 5.41) is 12.5. The highest BCUT2D eigenvalue weighted by molar-refractivity contribution is 5.97. The topological polar surface area (TPSA) is 58.6 Å². The fourth-order valence-corrected chi connectivity index (χ4v) is 2.38. The second kappa shape index (κ2) is 6.65. The minimum absolute atomic E-state index is 0.0468. The lowest BCUT2D eigenvalue weighted by Crippen LogP contribution is -2.45. The van der Waals surface area contributed by atoms with Crippen LogP contribution in [0.15, 0.2) is 24.3 Å². The number of para-hydroxylation sites is 1. The number of hydrogen-bond donors (Lipinski definition) is 2. The van der Waals surface area contributed by atoms with E-state index in [1.807, 2.05) is 0 Å². The van der Waals surface area contributed by atoms with E-state index in [1.165, 1.54) is 18.2 Å². The number of rotatable bonds is 4. The highest BCUT2D eigenvalue weighted by Crippen LogP contribution is 2.22. The second-order valence-electron chi connectivity index (χ2n) is 4.81. The van der Waals surface area contributed by atoms with Crippen LogP contribution < -0.4 is 10.1 Å². The van der Waals surface area contributed by atoms with Crippen LogP contribution in [-0.2, 0) is 0 Å². The van der Waals surface area contributed by atoms with Gasteiger partial charge in [-0.1, -0.05) is 25.0 Å². The molecule has 0 aliphatic heterocycles. The molecule has 0 saturated heterocycles. The average Bonchev–Trinajstić information content (AvgIpc) is 2.41.